The zero-order valence-corrected chi connectivity index (χ0v) is 11.5. The number of aliphatic hydroxyl groups is 1. The molecule has 0 unspecified atom stereocenters. The fraction of sp³-hybridized carbons (Fsp3) is 0.571. The summed E-state index contributed by atoms with van der Waals surface area (Å²) in [4.78, 5) is 2.18. The van der Waals surface area contributed by atoms with Crippen molar-refractivity contribution in [1.82, 2.24) is 4.90 Å². The number of ether oxygens (including phenoxy) is 1. The lowest BCUT2D eigenvalue weighted by Gasteiger charge is -2.24. The third-order valence-electron chi connectivity index (χ3n) is 3.53. The smallest absolute Gasteiger partial charge is 0.406 e. The Morgan fingerprint density at radius 1 is 1.19 bits per heavy atom. The van der Waals surface area contributed by atoms with E-state index in [1.54, 1.807) is 0 Å². The Morgan fingerprint density at radius 3 is 2.29 bits per heavy atom. The number of nitrogens with two attached hydrogens (primary N) is 1. The SMILES string of the molecule is N[C@H](CN1CCCC1)[C@H](O)c1ccc(OC(F)(F)F)cc1. The van der Waals surface area contributed by atoms with Gasteiger partial charge in [0.25, 0.3) is 0 Å². The Bertz CT molecular complexity index is 445. The molecule has 0 spiro atoms. The molecule has 1 fully saturated rings. The van der Waals surface area contributed by atoms with Gasteiger partial charge in [0.2, 0.25) is 0 Å². The summed E-state index contributed by atoms with van der Waals surface area (Å²) in [6, 6.07) is 4.67. The molecule has 0 saturated carbocycles. The number of benzene rings is 1. The van der Waals surface area contributed by atoms with Crippen molar-refractivity contribution in [2.75, 3.05) is 19.6 Å². The van der Waals surface area contributed by atoms with E-state index in [9.17, 15) is 18.3 Å². The molecule has 1 aromatic rings. The van der Waals surface area contributed by atoms with E-state index in [2.05, 4.69) is 9.64 Å². The quantitative estimate of drug-likeness (QED) is 0.874. The maximum absolute atomic E-state index is 12.1. The van der Waals surface area contributed by atoms with Gasteiger partial charge >= 0.3 is 6.36 Å². The molecular formula is C14H19F3N2O2. The number of hydrogen-bond acceptors (Lipinski definition) is 4. The van der Waals surface area contributed by atoms with Crippen LogP contribution < -0.4 is 10.5 Å². The molecule has 0 amide bonds. The van der Waals surface area contributed by atoms with Crippen LogP contribution in [0.3, 0.4) is 0 Å². The molecule has 0 aliphatic carbocycles. The molecule has 3 N–H and O–H groups in total. The molecule has 7 heteroatoms. The summed E-state index contributed by atoms with van der Waals surface area (Å²) in [5.41, 5.74) is 6.45. The van der Waals surface area contributed by atoms with Crippen molar-refractivity contribution in [3.05, 3.63) is 29.8 Å². The number of nitrogens with zero attached hydrogens (tertiary/aromatic N) is 1. The van der Waals surface area contributed by atoms with Crippen LogP contribution in [-0.2, 0) is 0 Å². The zero-order chi connectivity index (χ0) is 15.5. The van der Waals surface area contributed by atoms with Gasteiger partial charge in [-0.05, 0) is 43.6 Å². The molecule has 1 aliphatic heterocycles. The number of halogens is 3. The molecule has 1 aromatic carbocycles. The van der Waals surface area contributed by atoms with Gasteiger partial charge in [-0.15, -0.1) is 13.2 Å². The fourth-order valence-electron chi connectivity index (χ4n) is 2.48. The van der Waals surface area contributed by atoms with Crippen LogP contribution in [0.25, 0.3) is 0 Å². The van der Waals surface area contributed by atoms with Crippen LogP contribution in [0.5, 0.6) is 5.75 Å². The van der Waals surface area contributed by atoms with Crippen LogP contribution in [0.15, 0.2) is 24.3 Å². The van der Waals surface area contributed by atoms with E-state index in [0.29, 0.717) is 12.1 Å². The highest BCUT2D eigenvalue weighted by atomic mass is 19.4. The summed E-state index contributed by atoms with van der Waals surface area (Å²) >= 11 is 0. The number of aliphatic hydroxyl groups excluding tert-OH is 1. The third-order valence-corrected chi connectivity index (χ3v) is 3.53. The standard InChI is InChI=1S/C14H19F3N2O2/c15-14(16,17)21-11-5-3-10(4-6-11)13(20)12(18)9-19-7-1-2-8-19/h3-6,12-13,20H,1-2,7-9,18H2/t12-,13-/m1/s1. The van der Waals surface area contributed by atoms with Crippen molar-refractivity contribution in [2.45, 2.75) is 31.3 Å². The first-order valence-corrected chi connectivity index (χ1v) is 6.87. The largest absolute Gasteiger partial charge is 0.573 e. The van der Waals surface area contributed by atoms with Gasteiger partial charge in [0.15, 0.2) is 0 Å². The molecular weight excluding hydrogens is 285 g/mol. The van der Waals surface area contributed by atoms with Crippen LogP contribution in [0, 0.1) is 0 Å². The first kappa shape index (κ1) is 16.1. The molecule has 0 bridgehead atoms. The van der Waals surface area contributed by atoms with Gasteiger partial charge in [0.05, 0.1) is 6.10 Å². The lowest BCUT2D eigenvalue weighted by Crippen LogP contribution is -2.40. The van der Waals surface area contributed by atoms with Gasteiger partial charge in [-0.1, -0.05) is 12.1 Å². The van der Waals surface area contributed by atoms with E-state index >= 15 is 0 Å². The summed E-state index contributed by atoms with van der Waals surface area (Å²) < 4.78 is 40.0. The van der Waals surface area contributed by atoms with Gasteiger partial charge in [-0.3, -0.25) is 0 Å². The summed E-state index contributed by atoms with van der Waals surface area (Å²) in [7, 11) is 0. The molecule has 1 saturated heterocycles. The van der Waals surface area contributed by atoms with Gasteiger partial charge in [-0.25, -0.2) is 0 Å². The molecule has 1 heterocycles. The Kier molecular flexibility index (Phi) is 5.08. The Labute approximate surface area is 121 Å². The minimum atomic E-state index is -4.72. The van der Waals surface area contributed by atoms with Gasteiger partial charge in [-0.2, -0.15) is 0 Å². The lowest BCUT2D eigenvalue weighted by molar-refractivity contribution is -0.274. The maximum Gasteiger partial charge on any atom is 0.573 e. The highest BCUT2D eigenvalue weighted by Crippen LogP contribution is 2.25. The Morgan fingerprint density at radius 2 is 1.76 bits per heavy atom. The van der Waals surface area contributed by atoms with E-state index in [1.807, 2.05) is 0 Å². The normalized spacial score (nSPS) is 19.5. The van der Waals surface area contributed by atoms with Crippen molar-refractivity contribution < 1.29 is 23.0 Å². The minimum Gasteiger partial charge on any atom is -0.406 e. The number of likely N-dealkylation sites (tertiary alicyclic amines) is 1. The van der Waals surface area contributed by atoms with Crippen LogP contribution in [0.2, 0.25) is 0 Å². The summed E-state index contributed by atoms with van der Waals surface area (Å²) in [6.45, 7) is 2.51. The predicted molar refractivity (Wildman–Crippen MR) is 71.7 cm³/mol. The summed E-state index contributed by atoms with van der Waals surface area (Å²) in [5, 5.41) is 10.2. The summed E-state index contributed by atoms with van der Waals surface area (Å²) in [6.07, 6.45) is -3.37. The average molecular weight is 304 g/mol. The number of alkyl halides is 3. The highest BCUT2D eigenvalue weighted by Gasteiger charge is 2.31. The second-order valence-electron chi connectivity index (χ2n) is 5.23. The van der Waals surface area contributed by atoms with Crippen molar-refractivity contribution in [3.8, 4) is 5.75 Å². The maximum atomic E-state index is 12.1. The monoisotopic (exact) mass is 304 g/mol. The van der Waals surface area contributed by atoms with E-state index < -0.39 is 18.5 Å². The van der Waals surface area contributed by atoms with Crippen LogP contribution in [0.4, 0.5) is 13.2 Å². The van der Waals surface area contributed by atoms with Crippen molar-refractivity contribution in [2.24, 2.45) is 5.73 Å². The highest BCUT2D eigenvalue weighted by molar-refractivity contribution is 5.29. The molecule has 4 nitrogen and oxygen atoms in total. The van der Waals surface area contributed by atoms with Gasteiger partial charge < -0.3 is 20.5 Å². The predicted octanol–water partition coefficient (Wildman–Crippen LogP) is 2.04. The van der Waals surface area contributed by atoms with Crippen molar-refractivity contribution in [3.63, 3.8) is 0 Å². The lowest BCUT2D eigenvalue weighted by atomic mass is 10.0. The van der Waals surface area contributed by atoms with E-state index in [-0.39, 0.29) is 5.75 Å². The molecule has 0 aromatic heterocycles. The number of rotatable bonds is 5. The van der Waals surface area contributed by atoms with Crippen molar-refractivity contribution in [1.29, 1.82) is 0 Å². The van der Waals surface area contributed by atoms with Crippen LogP contribution in [-0.4, -0.2) is 42.0 Å². The molecule has 1 aliphatic rings. The first-order chi connectivity index (χ1) is 9.85. The van der Waals surface area contributed by atoms with E-state index in [1.165, 1.54) is 24.3 Å². The first-order valence-electron chi connectivity index (χ1n) is 6.87. The average Bonchev–Trinajstić information content (AvgIpc) is 2.90. The molecule has 21 heavy (non-hydrogen) atoms. The third kappa shape index (κ3) is 4.87. The Hall–Kier alpha value is -1.31. The van der Waals surface area contributed by atoms with Gasteiger partial charge in [0, 0.05) is 12.6 Å². The second-order valence-corrected chi connectivity index (χ2v) is 5.23. The van der Waals surface area contributed by atoms with E-state index in [0.717, 1.165) is 25.9 Å². The summed E-state index contributed by atoms with van der Waals surface area (Å²) in [5.74, 6) is -0.313. The minimum absolute atomic E-state index is 0.313. The Balaban J connectivity index is 1.93. The van der Waals surface area contributed by atoms with Crippen LogP contribution >= 0.6 is 0 Å². The zero-order valence-electron chi connectivity index (χ0n) is 11.5. The number of hydrogen-bond donors (Lipinski definition) is 2. The molecule has 2 rings (SSSR count). The topological polar surface area (TPSA) is 58.7 Å². The molecule has 2 atom stereocenters. The van der Waals surface area contributed by atoms with Gasteiger partial charge in [0.1, 0.15) is 5.75 Å². The molecule has 0 radical (unpaired) electrons. The van der Waals surface area contributed by atoms with Crippen LogP contribution in [0.1, 0.15) is 24.5 Å². The second kappa shape index (κ2) is 6.64. The van der Waals surface area contributed by atoms with Crippen molar-refractivity contribution >= 4 is 0 Å². The fourth-order valence-corrected chi connectivity index (χ4v) is 2.48. The molecule has 118 valence electrons. The van der Waals surface area contributed by atoms with E-state index in [4.69, 9.17) is 5.73 Å².